The molecule has 0 amide bonds. The zero-order valence-electron chi connectivity index (χ0n) is 16.8. The van der Waals surface area contributed by atoms with Gasteiger partial charge in [0.2, 0.25) is 0 Å². The Balaban J connectivity index is 2.66. The predicted molar refractivity (Wildman–Crippen MR) is 96.5 cm³/mol. The Labute approximate surface area is 187 Å². The van der Waals surface area contributed by atoms with Gasteiger partial charge >= 0.3 is 24.7 Å². The quantitative estimate of drug-likeness (QED) is 0.329. The molecular weight excluding hydrogens is 516 g/mol. The lowest BCUT2D eigenvalue weighted by molar-refractivity contribution is -0.376. The molecule has 0 aliphatic heterocycles. The lowest BCUT2D eigenvalue weighted by Gasteiger charge is -2.34. The number of anilines is 2. The van der Waals surface area contributed by atoms with Crippen LogP contribution < -0.4 is 11.5 Å². The summed E-state index contributed by atoms with van der Waals surface area (Å²) >= 11 is 0. The second-order valence-corrected chi connectivity index (χ2v) is 7.43. The molecule has 35 heavy (non-hydrogen) atoms. The van der Waals surface area contributed by atoms with Crippen LogP contribution in [-0.4, -0.2) is 34.9 Å². The van der Waals surface area contributed by atoms with E-state index in [2.05, 4.69) is 0 Å². The molecule has 2 aromatic carbocycles. The summed E-state index contributed by atoms with van der Waals surface area (Å²) < 4.78 is 158. The van der Waals surface area contributed by atoms with Crippen LogP contribution in [0.5, 0.6) is 0 Å². The average molecular weight is 530 g/mol. The molecule has 2 rings (SSSR count). The van der Waals surface area contributed by atoms with Crippen LogP contribution >= 0.6 is 0 Å². The number of aliphatic hydroxyl groups is 2. The molecule has 0 aromatic heterocycles. The first-order valence-electron chi connectivity index (χ1n) is 8.98. The minimum atomic E-state index is -6.30. The first kappa shape index (κ1) is 28.4. The molecule has 0 heterocycles. The van der Waals surface area contributed by atoms with Crippen LogP contribution in [0.3, 0.4) is 0 Å². The van der Waals surface area contributed by atoms with Crippen LogP contribution in [0.1, 0.15) is 22.3 Å². The Morgan fingerprint density at radius 2 is 0.771 bits per heavy atom. The van der Waals surface area contributed by atoms with Crippen LogP contribution in [-0.2, 0) is 17.6 Å². The average Bonchev–Trinajstić information content (AvgIpc) is 2.66. The Morgan fingerprint density at radius 3 is 1.00 bits per heavy atom. The number of hydrogen-bond acceptors (Lipinski definition) is 4. The minimum Gasteiger partial charge on any atom is -0.398 e. The summed E-state index contributed by atoms with van der Waals surface area (Å²) in [6.45, 7) is 0. The molecule has 0 aliphatic carbocycles. The minimum absolute atomic E-state index is 0.159. The topological polar surface area (TPSA) is 92.5 Å². The molecule has 0 bridgehead atoms. The van der Waals surface area contributed by atoms with Gasteiger partial charge in [0.15, 0.2) is 0 Å². The lowest BCUT2D eigenvalue weighted by atomic mass is 9.86. The maximum atomic E-state index is 13.2. The van der Waals surface area contributed by atoms with Crippen LogP contribution in [0, 0.1) is 0 Å². The van der Waals surface area contributed by atoms with E-state index in [4.69, 9.17) is 11.5 Å². The van der Waals surface area contributed by atoms with Gasteiger partial charge in [0.1, 0.15) is 0 Å². The van der Waals surface area contributed by atoms with E-state index in [0.29, 0.717) is 12.1 Å². The van der Waals surface area contributed by atoms with Crippen molar-refractivity contribution >= 4 is 11.4 Å². The van der Waals surface area contributed by atoms with Gasteiger partial charge in [0.05, 0.1) is 0 Å². The van der Waals surface area contributed by atoms with E-state index in [-0.39, 0.29) is 12.1 Å². The van der Waals surface area contributed by atoms with Gasteiger partial charge in [0, 0.05) is 22.5 Å². The number of nitrogen functional groups attached to an aromatic ring is 2. The van der Waals surface area contributed by atoms with Gasteiger partial charge in [0.25, 0.3) is 11.2 Å². The molecular formula is C19H14F12N2O2. The van der Waals surface area contributed by atoms with Crippen molar-refractivity contribution in [3.05, 3.63) is 58.7 Å². The Morgan fingerprint density at radius 1 is 0.514 bits per heavy atom. The van der Waals surface area contributed by atoms with E-state index in [1.807, 2.05) is 0 Å². The van der Waals surface area contributed by atoms with Crippen molar-refractivity contribution < 1.29 is 62.9 Å². The van der Waals surface area contributed by atoms with Gasteiger partial charge in [-0.3, -0.25) is 0 Å². The summed E-state index contributed by atoms with van der Waals surface area (Å²) in [6.07, 6.45) is -26.0. The largest absolute Gasteiger partial charge is 0.430 e. The molecule has 196 valence electrons. The van der Waals surface area contributed by atoms with Crippen molar-refractivity contribution in [3.8, 4) is 0 Å². The first-order valence-corrected chi connectivity index (χ1v) is 8.98. The second-order valence-electron chi connectivity index (χ2n) is 7.43. The fourth-order valence-corrected chi connectivity index (χ4v) is 3.22. The highest BCUT2D eigenvalue weighted by atomic mass is 19.4. The summed E-state index contributed by atoms with van der Waals surface area (Å²) in [6, 6.07) is 3.06. The van der Waals surface area contributed by atoms with Crippen LogP contribution in [0.4, 0.5) is 64.1 Å². The highest BCUT2D eigenvalue weighted by molar-refractivity contribution is 5.56. The zero-order chi connectivity index (χ0) is 27.4. The van der Waals surface area contributed by atoms with E-state index in [1.165, 1.54) is 0 Å². The maximum Gasteiger partial charge on any atom is 0.430 e. The van der Waals surface area contributed by atoms with Gasteiger partial charge in [-0.1, -0.05) is 12.1 Å². The summed E-state index contributed by atoms with van der Waals surface area (Å²) in [5.74, 6) is 0. The van der Waals surface area contributed by atoms with Gasteiger partial charge in [-0.05, 0) is 41.8 Å². The smallest absolute Gasteiger partial charge is 0.398 e. The van der Waals surface area contributed by atoms with Crippen molar-refractivity contribution in [3.63, 3.8) is 0 Å². The molecule has 0 saturated carbocycles. The van der Waals surface area contributed by atoms with Crippen molar-refractivity contribution in [1.29, 1.82) is 0 Å². The number of alkyl halides is 12. The monoisotopic (exact) mass is 530 g/mol. The SMILES string of the molecule is Nc1ccc(Cc2ccc(N)c(C(O)(C(F)(F)F)C(F)(F)F)c2)cc1C(O)(C(F)(F)F)C(F)(F)F. The van der Waals surface area contributed by atoms with Gasteiger partial charge in [-0.2, -0.15) is 52.7 Å². The lowest BCUT2D eigenvalue weighted by Crippen LogP contribution is -2.54. The summed E-state index contributed by atoms with van der Waals surface area (Å²) in [5, 5.41) is 19.1. The number of benzene rings is 2. The normalized spacial score (nSPS) is 14.3. The van der Waals surface area contributed by atoms with Crippen molar-refractivity contribution in [2.45, 2.75) is 42.3 Å². The third kappa shape index (κ3) is 4.68. The molecule has 6 N–H and O–H groups in total. The molecule has 0 unspecified atom stereocenters. The predicted octanol–water partition coefficient (Wildman–Crippen LogP) is 5.07. The molecule has 0 spiro atoms. The van der Waals surface area contributed by atoms with Crippen LogP contribution in [0.2, 0.25) is 0 Å². The van der Waals surface area contributed by atoms with E-state index in [9.17, 15) is 62.9 Å². The number of hydrogen-bond donors (Lipinski definition) is 4. The fraction of sp³-hybridized carbons (Fsp3) is 0.368. The van der Waals surface area contributed by atoms with Gasteiger partial charge < -0.3 is 21.7 Å². The fourth-order valence-electron chi connectivity index (χ4n) is 3.22. The molecule has 0 aliphatic rings. The van der Waals surface area contributed by atoms with Gasteiger partial charge in [-0.15, -0.1) is 0 Å². The number of halogens is 12. The van der Waals surface area contributed by atoms with Crippen molar-refractivity contribution in [2.24, 2.45) is 0 Å². The zero-order valence-corrected chi connectivity index (χ0v) is 16.8. The van der Waals surface area contributed by atoms with Crippen molar-refractivity contribution in [2.75, 3.05) is 11.5 Å². The summed E-state index contributed by atoms with van der Waals surface area (Å²) in [5.41, 5.74) is -7.49. The Kier molecular flexibility index (Phi) is 6.77. The first-order chi connectivity index (χ1) is 15.5. The standard InChI is InChI=1S/C19H14F12N2O2/c20-16(21,22)14(34,17(23,24)25)10-6-8(1-3-12(10)32)5-9-2-4-13(33)11(7-9)15(35,18(26,27)28)19(29,30)31/h1-4,6-7,34-35H,5,32-33H2. The highest BCUT2D eigenvalue weighted by Gasteiger charge is 2.73. The Hall–Kier alpha value is -2.88. The number of nitrogens with two attached hydrogens (primary N) is 2. The molecule has 4 nitrogen and oxygen atoms in total. The third-order valence-corrected chi connectivity index (χ3v) is 5.06. The van der Waals surface area contributed by atoms with Crippen LogP contribution in [0.25, 0.3) is 0 Å². The summed E-state index contributed by atoms with van der Waals surface area (Å²) in [4.78, 5) is 0. The molecule has 0 atom stereocenters. The van der Waals surface area contributed by atoms with E-state index < -0.39 is 76.0 Å². The Bertz CT molecular complexity index is 974. The molecule has 16 heteroatoms. The van der Waals surface area contributed by atoms with E-state index in [1.54, 1.807) is 0 Å². The van der Waals surface area contributed by atoms with E-state index >= 15 is 0 Å². The van der Waals surface area contributed by atoms with Crippen LogP contribution in [0.15, 0.2) is 36.4 Å². The summed E-state index contributed by atoms with van der Waals surface area (Å²) in [7, 11) is 0. The second kappa shape index (κ2) is 8.36. The third-order valence-electron chi connectivity index (χ3n) is 5.06. The van der Waals surface area contributed by atoms with Gasteiger partial charge in [-0.25, -0.2) is 0 Å². The molecule has 0 fully saturated rings. The highest BCUT2D eigenvalue weighted by Crippen LogP contribution is 2.53. The van der Waals surface area contributed by atoms with Crippen molar-refractivity contribution in [1.82, 2.24) is 0 Å². The molecule has 0 radical (unpaired) electrons. The molecule has 0 saturated heterocycles. The molecule has 2 aromatic rings. The maximum absolute atomic E-state index is 13.2. The van der Waals surface area contributed by atoms with E-state index in [0.717, 1.165) is 12.1 Å². The number of rotatable bonds is 4.